The van der Waals surface area contributed by atoms with E-state index in [2.05, 4.69) is 16.4 Å². The predicted octanol–water partition coefficient (Wildman–Crippen LogP) is 3.15. The Bertz CT molecular complexity index is 990. The zero-order valence-corrected chi connectivity index (χ0v) is 14.6. The van der Waals surface area contributed by atoms with E-state index in [0.717, 1.165) is 22.2 Å². The topological polar surface area (TPSA) is 65.2 Å². The Kier molecular flexibility index (Phi) is 4.67. The first kappa shape index (κ1) is 16.9. The van der Waals surface area contributed by atoms with Gasteiger partial charge in [-0.1, -0.05) is 35.9 Å². The number of H-pyrrole nitrogens is 1. The van der Waals surface area contributed by atoms with Crippen molar-refractivity contribution in [1.82, 2.24) is 9.88 Å². The Morgan fingerprint density at radius 1 is 1.12 bits per heavy atom. The Morgan fingerprint density at radius 2 is 1.88 bits per heavy atom. The molecule has 3 aromatic rings. The number of amides is 1. The van der Waals surface area contributed by atoms with E-state index in [0.29, 0.717) is 11.9 Å². The summed E-state index contributed by atoms with van der Waals surface area (Å²) in [5, 5.41) is 4.23. The first-order valence-corrected chi connectivity index (χ1v) is 8.12. The summed E-state index contributed by atoms with van der Waals surface area (Å²) in [4.78, 5) is 29.5. The van der Waals surface area contributed by atoms with Crippen molar-refractivity contribution in [2.75, 3.05) is 19.4 Å². The molecular weight excluding hydrogens is 314 g/mol. The molecule has 0 radical (unpaired) electrons. The molecule has 1 aromatic heterocycles. The van der Waals surface area contributed by atoms with Gasteiger partial charge in [0.05, 0.1) is 0 Å². The number of nitrogens with zero attached hydrogens (tertiary/aromatic N) is 1. The highest BCUT2D eigenvalue weighted by Crippen LogP contribution is 2.20. The van der Waals surface area contributed by atoms with Crippen LogP contribution in [0.3, 0.4) is 0 Å². The van der Waals surface area contributed by atoms with E-state index in [4.69, 9.17) is 0 Å². The summed E-state index contributed by atoms with van der Waals surface area (Å²) in [6.45, 7) is 2.73. The highest BCUT2D eigenvalue weighted by atomic mass is 16.2. The molecule has 25 heavy (non-hydrogen) atoms. The lowest BCUT2D eigenvalue weighted by atomic mass is 10.1. The maximum Gasteiger partial charge on any atom is 0.272 e. The van der Waals surface area contributed by atoms with E-state index < -0.39 is 0 Å². The molecule has 0 aliphatic heterocycles. The van der Waals surface area contributed by atoms with Gasteiger partial charge < -0.3 is 15.2 Å². The minimum absolute atomic E-state index is 0.250. The van der Waals surface area contributed by atoms with Crippen LogP contribution >= 0.6 is 0 Å². The number of hydrogen-bond acceptors (Lipinski definition) is 3. The van der Waals surface area contributed by atoms with Crippen molar-refractivity contribution in [3.8, 4) is 0 Å². The second-order valence-electron chi connectivity index (χ2n) is 6.45. The molecule has 0 spiro atoms. The SMILES string of the molecule is Cc1ccc(NC(=O)c2cc3ccccc3c(=O)[nH]2)c(CN(C)C)c1. The summed E-state index contributed by atoms with van der Waals surface area (Å²) < 4.78 is 0. The van der Waals surface area contributed by atoms with Crippen molar-refractivity contribution in [3.05, 3.63) is 75.7 Å². The molecule has 0 aliphatic rings. The molecule has 1 heterocycles. The second-order valence-corrected chi connectivity index (χ2v) is 6.45. The molecule has 2 N–H and O–H groups in total. The average molecular weight is 335 g/mol. The van der Waals surface area contributed by atoms with Crippen LogP contribution in [0.15, 0.2) is 53.3 Å². The third-order valence-electron chi connectivity index (χ3n) is 3.99. The minimum Gasteiger partial charge on any atom is -0.320 e. The van der Waals surface area contributed by atoms with Gasteiger partial charge in [-0.25, -0.2) is 0 Å². The van der Waals surface area contributed by atoms with E-state index in [1.54, 1.807) is 18.2 Å². The van der Waals surface area contributed by atoms with Gasteiger partial charge in [0.1, 0.15) is 5.69 Å². The smallest absolute Gasteiger partial charge is 0.272 e. The number of carbonyl (C=O) groups is 1. The van der Waals surface area contributed by atoms with Crippen LogP contribution in [0.1, 0.15) is 21.6 Å². The van der Waals surface area contributed by atoms with E-state index >= 15 is 0 Å². The van der Waals surface area contributed by atoms with Crippen LogP contribution in [0.4, 0.5) is 5.69 Å². The maximum absolute atomic E-state index is 12.6. The van der Waals surface area contributed by atoms with Gasteiger partial charge in [-0.05, 0) is 50.2 Å². The van der Waals surface area contributed by atoms with Crippen molar-refractivity contribution in [2.24, 2.45) is 0 Å². The molecule has 0 unspecified atom stereocenters. The molecule has 0 aliphatic carbocycles. The van der Waals surface area contributed by atoms with Gasteiger partial charge in [0.25, 0.3) is 11.5 Å². The average Bonchev–Trinajstić information content (AvgIpc) is 2.56. The fourth-order valence-electron chi connectivity index (χ4n) is 2.84. The summed E-state index contributed by atoms with van der Waals surface area (Å²) >= 11 is 0. The zero-order valence-electron chi connectivity index (χ0n) is 14.6. The molecule has 0 fully saturated rings. The standard InChI is InChI=1S/C20H21N3O2/c1-13-8-9-17(15(10-13)12-23(2)3)21-20(25)18-11-14-6-4-5-7-16(14)19(24)22-18/h4-11H,12H2,1-3H3,(H,21,25)(H,22,24). The van der Waals surface area contributed by atoms with Crippen LogP contribution in [-0.4, -0.2) is 29.9 Å². The number of aryl methyl sites for hydroxylation is 1. The fraction of sp³-hybridized carbons (Fsp3) is 0.200. The summed E-state index contributed by atoms with van der Waals surface area (Å²) in [5.41, 5.74) is 2.90. The Hall–Kier alpha value is -2.92. The highest BCUT2D eigenvalue weighted by molar-refractivity contribution is 6.05. The third kappa shape index (κ3) is 3.78. The van der Waals surface area contributed by atoms with E-state index in [1.165, 1.54) is 0 Å². The van der Waals surface area contributed by atoms with Gasteiger partial charge in [0.15, 0.2) is 0 Å². The number of anilines is 1. The van der Waals surface area contributed by atoms with E-state index in [-0.39, 0.29) is 17.2 Å². The number of hydrogen-bond donors (Lipinski definition) is 2. The third-order valence-corrected chi connectivity index (χ3v) is 3.99. The van der Waals surface area contributed by atoms with Gasteiger partial charge in [-0.3, -0.25) is 9.59 Å². The molecule has 3 rings (SSSR count). The molecule has 0 atom stereocenters. The van der Waals surface area contributed by atoms with Crippen molar-refractivity contribution >= 4 is 22.4 Å². The van der Waals surface area contributed by atoms with Gasteiger partial charge in [-0.2, -0.15) is 0 Å². The number of pyridine rings is 1. The van der Waals surface area contributed by atoms with Crippen molar-refractivity contribution in [1.29, 1.82) is 0 Å². The normalized spacial score (nSPS) is 11.0. The maximum atomic E-state index is 12.6. The summed E-state index contributed by atoms with van der Waals surface area (Å²) in [7, 11) is 3.96. The fourth-order valence-corrected chi connectivity index (χ4v) is 2.84. The first-order valence-electron chi connectivity index (χ1n) is 8.12. The number of rotatable bonds is 4. The monoisotopic (exact) mass is 335 g/mol. The quantitative estimate of drug-likeness (QED) is 0.770. The summed E-state index contributed by atoms with van der Waals surface area (Å²) in [6, 6.07) is 14.8. The van der Waals surface area contributed by atoms with Crippen molar-refractivity contribution < 1.29 is 4.79 Å². The molecule has 0 saturated heterocycles. The summed E-state index contributed by atoms with van der Waals surface area (Å²) in [5.74, 6) is -0.327. The minimum atomic E-state index is -0.327. The van der Waals surface area contributed by atoms with Crippen LogP contribution in [-0.2, 0) is 6.54 Å². The molecule has 128 valence electrons. The van der Waals surface area contributed by atoms with Crippen molar-refractivity contribution in [3.63, 3.8) is 0 Å². The van der Waals surface area contributed by atoms with E-state index in [9.17, 15) is 9.59 Å². The van der Waals surface area contributed by atoms with Crippen LogP contribution in [0, 0.1) is 6.92 Å². The van der Waals surface area contributed by atoms with Gasteiger partial charge in [0.2, 0.25) is 0 Å². The molecule has 0 bridgehead atoms. The Morgan fingerprint density at radius 3 is 2.64 bits per heavy atom. The molecule has 5 heteroatoms. The lowest BCUT2D eigenvalue weighted by molar-refractivity contribution is 0.102. The number of fused-ring (bicyclic) bond motifs is 1. The van der Waals surface area contributed by atoms with Gasteiger partial charge in [0, 0.05) is 17.6 Å². The number of carbonyl (C=O) groups excluding carboxylic acids is 1. The van der Waals surface area contributed by atoms with Crippen LogP contribution in [0.5, 0.6) is 0 Å². The van der Waals surface area contributed by atoms with Gasteiger partial charge in [-0.15, -0.1) is 0 Å². The molecular formula is C20H21N3O2. The summed E-state index contributed by atoms with van der Waals surface area (Å²) in [6.07, 6.45) is 0. The van der Waals surface area contributed by atoms with Crippen LogP contribution in [0.25, 0.3) is 10.8 Å². The zero-order chi connectivity index (χ0) is 18.0. The number of nitrogens with one attached hydrogen (secondary N) is 2. The Balaban J connectivity index is 1.94. The molecule has 1 amide bonds. The largest absolute Gasteiger partial charge is 0.320 e. The first-order chi connectivity index (χ1) is 11.9. The highest BCUT2D eigenvalue weighted by Gasteiger charge is 2.12. The van der Waals surface area contributed by atoms with Crippen molar-refractivity contribution in [2.45, 2.75) is 13.5 Å². The van der Waals surface area contributed by atoms with E-state index in [1.807, 2.05) is 50.2 Å². The molecule has 5 nitrogen and oxygen atoms in total. The number of benzene rings is 2. The van der Waals surface area contributed by atoms with Crippen LogP contribution < -0.4 is 10.9 Å². The predicted molar refractivity (Wildman–Crippen MR) is 101 cm³/mol. The number of aromatic nitrogens is 1. The second kappa shape index (κ2) is 6.91. The number of aromatic amines is 1. The molecule has 0 saturated carbocycles. The lowest BCUT2D eigenvalue weighted by Gasteiger charge is -2.16. The lowest BCUT2D eigenvalue weighted by Crippen LogP contribution is -2.20. The molecule has 2 aromatic carbocycles. The van der Waals surface area contributed by atoms with Crippen LogP contribution in [0.2, 0.25) is 0 Å². The van der Waals surface area contributed by atoms with Gasteiger partial charge >= 0.3 is 0 Å². The Labute approximate surface area is 146 Å².